The van der Waals surface area contributed by atoms with Gasteiger partial charge in [-0.3, -0.25) is 9.59 Å². The molecule has 2 N–H and O–H groups in total. The highest BCUT2D eigenvalue weighted by atomic mass is 16.5. The van der Waals surface area contributed by atoms with Crippen LogP contribution in [0.3, 0.4) is 0 Å². The maximum atomic E-state index is 11.4. The lowest BCUT2D eigenvalue weighted by Crippen LogP contribution is -2.46. The Hall–Kier alpha value is -1.36. The minimum Gasteiger partial charge on any atom is -0.384 e. The molecule has 0 aromatic carbocycles. The molecule has 5 heteroatoms. The maximum Gasteiger partial charge on any atom is 0.249 e. The Balaban J connectivity index is 1.92. The number of ketones is 1. The van der Waals surface area contributed by atoms with Gasteiger partial charge in [-0.15, -0.1) is 0 Å². The smallest absolute Gasteiger partial charge is 0.249 e. The first kappa shape index (κ1) is 7.99. The number of fused-ring (bicyclic) bond motifs is 3. The Morgan fingerprint density at radius 2 is 2.21 bits per heavy atom. The van der Waals surface area contributed by atoms with Gasteiger partial charge in [0.2, 0.25) is 5.91 Å². The molecule has 2 saturated heterocycles. The molecule has 0 spiro atoms. The molecule has 3 heterocycles. The summed E-state index contributed by atoms with van der Waals surface area (Å²) < 4.78 is 5.44. The van der Waals surface area contributed by atoms with E-state index in [1.807, 2.05) is 0 Å². The molecule has 4 atom stereocenters. The molecule has 14 heavy (non-hydrogen) atoms. The molecule has 0 radical (unpaired) electrons. The van der Waals surface area contributed by atoms with Gasteiger partial charge >= 0.3 is 0 Å². The third-order valence-corrected chi connectivity index (χ3v) is 3.06. The van der Waals surface area contributed by atoms with E-state index in [0.29, 0.717) is 6.54 Å². The zero-order chi connectivity index (χ0) is 9.71. The van der Waals surface area contributed by atoms with Crippen molar-refractivity contribution in [3.8, 4) is 0 Å². The molecule has 5 nitrogen and oxygen atoms in total. The molecule has 2 fully saturated rings. The van der Waals surface area contributed by atoms with Crippen LogP contribution in [0, 0.1) is 5.92 Å². The van der Waals surface area contributed by atoms with Crippen LogP contribution in [-0.2, 0) is 14.3 Å². The fourth-order valence-corrected chi connectivity index (χ4v) is 2.36. The molecule has 1 amide bonds. The number of hydrogen-bond donors (Lipinski definition) is 2. The summed E-state index contributed by atoms with van der Waals surface area (Å²) in [4.78, 5) is 22.7. The Bertz CT molecular complexity index is 339. The Morgan fingerprint density at radius 3 is 3.07 bits per heavy atom. The Morgan fingerprint density at radius 1 is 1.36 bits per heavy atom. The first-order valence-corrected chi connectivity index (χ1v) is 4.67. The predicted octanol–water partition coefficient (Wildman–Crippen LogP) is -1.45. The van der Waals surface area contributed by atoms with E-state index in [1.165, 1.54) is 6.08 Å². The monoisotopic (exact) mass is 194 g/mol. The molecule has 0 aromatic heterocycles. The number of amides is 1. The molecule has 3 aliphatic rings. The van der Waals surface area contributed by atoms with E-state index in [4.69, 9.17) is 4.74 Å². The number of hydrogen-bond acceptors (Lipinski definition) is 4. The van der Waals surface area contributed by atoms with Crippen molar-refractivity contribution in [2.45, 2.75) is 18.2 Å². The predicted molar refractivity (Wildman–Crippen MR) is 46.2 cm³/mol. The molecular formula is C9H10N2O3. The summed E-state index contributed by atoms with van der Waals surface area (Å²) in [5, 5.41) is 5.81. The van der Waals surface area contributed by atoms with Crippen molar-refractivity contribution >= 4 is 11.7 Å². The van der Waals surface area contributed by atoms with Crippen molar-refractivity contribution in [1.82, 2.24) is 10.6 Å². The third kappa shape index (κ3) is 0.874. The van der Waals surface area contributed by atoms with Crippen LogP contribution in [0.4, 0.5) is 0 Å². The van der Waals surface area contributed by atoms with E-state index >= 15 is 0 Å². The second kappa shape index (κ2) is 2.57. The summed E-state index contributed by atoms with van der Waals surface area (Å²) in [5.74, 6) is -0.0589. The highest BCUT2D eigenvalue weighted by molar-refractivity contribution is 5.96. The van der Waals surface area contributed by atoms with Crippen molar-refractivity contribution in [2.75, 3.05) is 6.54 Å². The van der Waals surface area contributed by atoms with Crippen molar-refractivity contribution in [2.24, 2.45) is 5.92 Å². The minimum absolute atomic E-state index is 0.0450. The van der Waals surface area contributed by atoms with Gasteiger partial charge in [0.1, 0.15) is 12.2 Å². The van der Waals surface area contributed by atoms with Gasteiger partial charge in [0.15, 0.2) is 5.78 Å². The number of rotatable bonds is 0. The minimum atomic E-state index is -0.471. The van der Waals surface area contributed by atoms with Crippen molar-refractivity contribution in [3.05, 3.63) is 12.3 Å². The van der Waals surface area contributed by atoms with Crippen molar-refractivity contribution in [3.63, 3.8) is 0 Å². The van der Waals surface area contributed by atoms with Gasteiger partial charge < -0.3 is 15.4 Å². The van der Waals surface area contributed by atoms with Gasteiger partial charge in [0, 0.05) is 18.7 Å². The highest BCUT2D eigenvalue weighted by Gasteiger charge is 2.53. The van der Waals surface area contributed by atoms with Crippen LogP contribution in [0.25, 0.3) is 0 Å². The molecule has 74 valence electrons. The summed E-state index contributed by atoms with van der Waals surface area (Å²) in [6.07, 6.45) is 2.18. The molecule has 3 aliphatic heterocycles. The average molecular weight is 194 g/mol. The fourth-order valence-electron chi connectivity index (χ4n) is 2.36. The standard InChI is InChI=1S/C9H10N2O3/c12-5-1-2-10-6-4-3-11-9(13)7(4)14-8(5)6/h1-2,4,6-8,10H,3H2,(H,11,13). The van der Waals surface area contributed by atoms with Crippen LogP contribution in [-0.4, -0.2) is 36.5 Å². The van der Waals surface area contributed by atoms with E-state index in [0.717, 1.165) is 0 Å². The molecule has 0 saturated carbocycles. The van der Waals surface area contributed by atoms with Crippen molar-refractivity contribution in [1.29, 1.82) is 0 Å². The van der Waals surface area contributed by atoms with Crippen LogP contribution in [0.1, 0.15) is 0 Å². The van der Waals surface area contributed by atoms with E-state index in [-0.39, 0.29) is 23.7 Å². The van der Waals surface area contributed by atoms with E-state index in [2.05, 4.69) is 10.6 Å². The van der Waals surface area contributed by atoms with Gasteiger partial charge in [-0.05, 0) is 6.08 Å². The molecule has 0 bridgehead atoms. The first-order valence-electron chi connectivity index (χ1n) is 4.67. The number of ether oxygens (including phenoxy) is 1. The maximum absolute atomic E-state index is 11.4. The number of nitrogens with one attached hydrogen (secondary N) is 2. The lowest BCUT2D eigenvalue weighted by molar-refractivity contribution is -0.134. The first-order chi connectivity index (χ1) is 6.77. The Kier molecular flexibility index (Phi) is 1.47. The van der Waals surface area contributed by atoms with Crippen LogP contribution in [0.2, 0.25) is 0 Å². The molecule has 0 aliphatic carbocycles. The Labute approximate surface area is 80.5 Å². The van der Waals surface area contributed by atoms with E-state index in [1.54, 1.807) is 6.20 Å². The largest absolute Gasteiger partial charge is 0.384 e. The van der Waals surface area contributed by atoms with Gasteiger partial charge in [0.05, 0.1) is 6.04 Å². The van der Waals surface area contributed by atoms with Gasteiger partial charge in [-0.1, -0.05) is 0 Å². The molecule has 0 aromatic rings. The molecule has 3 rings (SSSR count). The average Bonchev–Trinajstić information content (AvgIpc) is 2.69. The van der Waals surface area contributed by atoms with Crippen LogP contribution in [0.5, 0.6) is 0 Å². The van der Waals surface area contributed by atoms with Gasteiger partial charge in [-0.25, -0.2) is 0 Å². The third-order valence-electron chi connectivity index (χ3n) is 3.06. The van der Waals surface area contributed by atoms with Crippen molar-refractivity contribution < 1.29 is 14.3 Å². The zero-order valence-corrected chi connectivity index (χ0v) is 7.40. The highest BCUT2D eigenvalue weighted by Crippen LogP contribution is 2.32. The second-order valence-electron chi connectivity index (χ2n) is 3.81. The van der Waals surface area contributed by atoms with Crippen LogP contribution < -0.4 is 10.6 Å². The SMILES string of the molecule is O=C1NCC2C1OC1C(=O)C=CNC12. The zero-order valence-electron chi connectivity index (χ0n) is 7.40. The lowest BCUT2D eigenvalue weighted by atomic mass is 9.93. The second-order valence-corrected chi connectivity index (χ2v) is 3.81. The topological polar surface area (TPSA) is 67.4 Å². The summed E-state index contributed by atoms with van der Waals surface area (Å²) in [5.41, 5.74) is 0. The lowest BCUT2D eigenvalue weighted by Gasteiger charge is -2.23. The normalized spacial score (nSPS) is 44.3. The van der Waals surface area contributed by atoms with Crippen LogP contribution >= 0.6 is 0 Å². The van der Waals surface area contributed by atoms with E-state index in [9.17, 15) is 9.59 Å². The summed E-state index contributed by atoms with van der Waals surface area (Å²) in [6.45, 7) is 0.596. The summed E-state index contributed by atoms with van der Waals surface area (Å²) >= 11 is 0. The fraction of sp³-hybridized carbons (Fsp3) is 0.556. The number of carbonyl (C=O) groups is 2. The van der Waals surface area contributed by atoms with Gasteiger partial charge in [-0.2, -0.15) is 0 Å². The molecular weight excluding hydrogens is 184 g/mol. The van der Waals surface area contributed by atoms with Crippen LogP contribution in [0.15, 0.2) is 12.3 Å². The van der Waals surface area contributed by atoms with Gasteiger partial charge in [0.25, 0.3) is 0 Å². The van der Waals surface area contributed by atoms with E-state index < -0.39 is 12.2 Å². The number of carbonyl (C=O) groups excluding carboxylic acids is 2. The molecule has 4 unspecified atom stereocenters. The quantitative estimate of drug-likeness (QED) is 0.495. The summed E-state index contributed by atoms with van der Waals surface area (Å²) in [6, 6.07) is -0.0450. The summed E-state index contributed by atoms with van der Waals surface area (Å²) in [7, 11) is 0.